The summed E-state index contributed by atoms with van der Waals surface area (Å²) >= 11 is 0. The van der Waals surface area contributed by atoms with Gasteiger partial charge in [-0.05, 0) is 29.1 Å². The van der Waals surface area contributed by atoms with Crippen molar-refractivity contribution in [3.63, 3.8) is 0 Å². The van der Waals surface area contributed by atoms with E-state index in [1.165, 1.54) is 0 Å². The minimum absolute atomic E-state index is 0.0152. The first-order chi connectivity index (χ1) is 9.70. The van der Waals surface area contributed by atoms with Crippen LogP contribution in [0.3, 0.4) is 0 Å². The van der Waals surface area contributed by atoms with E-state index in [0.29, 0.717) is 11.1 Å². The Labute approximate surface area is 117 Å². The van der Waals surface area contributed by atoms with Gasteiger partial charge in [0.2, 0.25) is 0 Å². The molecular weight excluding hydrogens is 250 g/mol. The van der Waals surface area contributed by atoms with E-state index in [2.05, 4.69) is 0 Å². The summed E-state index contributed by atoms with van der Waals surface area (Å²) in [5.41, 5.74) is 2.13. The van der Waals surface area contributed by atoms with E-state index in [1.54, 1.807) is 24.8 Å². The van der Waals surface area contributed by atoms with Gasteiger partial charge in [-0.2, -0.15) is 0 Å². The molecule has 0 aliphatic carbocycles. The van der Waals surface area contributed by atoms with E-state index in [0.717, 1.165) is 16.5 Å². The van der Waals surface area contributed by atoms with Crippen molar-refractivity contribution in [2.45, 2.75) is 0 Å². The summed E-state index contributed by atoms with van der Waals surface area (Å²) in [6, 6.07) is 15.7. The zero-order chi connectivity index (χ0) is 14.1. The summed E-state index contributed by atoms with van der Waals surface area (Å²) in [5, 5.41) is 1.62. The Morgan fingerprint density at radius 3 is 2.45 bits per heavy atom. The molecule has 0 saturated carbocycles. The van der Waals surface area contributed by atoms with E-state index < -0.39 is 0 Å². The Balaban J connectivity index is 2.39. The van der Waals surface area contributed by atoms with Gasteiger partial charge in [-0.3, -0.25) is 4.79 Å². The highest BCUT2D eigenvalue weighted by Crippen LogP contribution is 2.28. The zero-order valence-electron chi connectivity index (χ0n) is 11.5. The van der Waals surface area contributed by atoms with Gasteiger partial charge < -0.3 is 9.30 Å². The van der Waals surface area contributed by atoms with Gasteiger partial charge in [-0.15, -0.1) is 0 Å². The predicted molar refractivity (Wildman–Crippen MR) is 81.2 cm³/mol. The second kappa shape index (κ2) is 4.85. The number of aromatic nitrogens is 1. The number of methoxy groups -OCH3 is 1. The number of pyridine rings is 1. The van der Waals surface area contributed by atoms with Gasteiger partial charge in [0.25, 0.3) is 5.56 Å². The zero-order valence-corrected chi connectivity index (χ0v) is 11.5. The van der Waals surface area contributed by atoms with Gasteiger partial charge in [0.1, 0.15) is 5.75 Å². The van der Waals surface area contributed by atoms with E-state index in [1.807, 2.05) is 48.7 Å². The molecule has 0 saturated heterocycles. The first-order valence-electron chi connectivity index (χ1n) is 6.43. The number of ether oxygens (including phenoxy) is 1. The molecule has 3 heteroatoms. The average molecular weight is 265 g/mol. The number of nitrogens with zero attached hydrogens (tertiary/aromatic N) is 1. The molecule has 1 aromatic heterocycles. The van der Waals surface area contributed by atoms with E-state index in [9.17, 15) is 4.79 Å². The topological polar surface area (TPSA) is 31.2 Å². The van der Waals surface area contributed by atoms with Crippen LogP contribution in [0.5, 0.6) is 5.75 Å². The molecule has 0 bridgehead atoms. The maximum absolute atomic E-state index is 12.3. The highest BCUT2D eigenvalue weighted by Gasteiger charge is 2.09. The number of rotatable bonds is 2. The molecule has 0 fully saturated rings. The molecule has 100 valence electrons. The van der Waals surface area contributed by atoms with Gasteiger partial charge >= 0.3 is 0 Å². The maximum atomic E-state index is 12.3. The molecule has 0 aliphatic rings. The molecule has 0 aliphatic heterocycles. The lowest BCUT2D eigenvalue weighted by Crippen LogP contribution is -2.16. The van der Waals surface area contributed by atoms with Crippen molar-refractivity contribution < 1.29 is 4.74 Å². The third-order valence-electron chi connectivity index (χ3n) is 3.48. The van der Waals surface area contributed by atoms with Crippen molar-refractivity contribution in [3.05, 3.63) is 65.1 Å². The molecule has 0 spiro atoms. The van der Waals surface area contributed by atoms with Crippen LogP contribution in [0.25, 0.3) is 21.9 Å². The van der Waals surface area contributed by atoms with E-state index >= 15 is 0 Å². The summed E-state index contributed by atoms with van der Waals surface area (Å²) in [7, 11) is 3.38. The van der Waals surface area contributed by atoms with Crippen LogP contribution in [-0.4, -0.2) is 11.7 Å². The van der Waals surface area contributed by atoms with Gasteiger partial charge in [0.15, 0.2) is 0 Å². The fourth-order valence-corrected chi connectivity index (χ4v) is 2.42. The van der Waals surface area contributed by atoms with Crippen LogP contribution >= 0.6 is 0 Å². The van der Waals surface area contributed by atoms with Crippen LogP contribution in [0.15, 0.2) is 59.5 Å². The van der Waals surface area contributed by atoms with Gasteiger partial charge in [-0.1, -0.05) is 30.3 Å². The molecule has 0 unspecified atom stereocenters. The molecule has 20 heavy (non-hydrogen) atoms. The Hall–Kier alpha value is -2.55. The Bertz CT molecular complexity index is 820. The number of benzene rings is 2. The van der Waals surface area contributed by atoms with Crippen LogP contribution in [0.1, 0.15) is 0 Å². The smallest absolute Gasteiger partial charge is 0.258 e. The van der Waals surface area contributed by atoms with Crippen molar-refractivity contribution in [1.29, 1.82) is 0 Å². The molecule has 0 amide bonds. The van der Waals surface area contributed by atoms with Crippen molar-refractivity contribution in [2.24, 2.45) is 7.05 Å². The molecule has 0 N–H and O–H groups in total. The van der Waals surface area contributed by atoms with Gasteiger partial charge in [0, 0.05) is 18.8 Å². The van der Waals surface area contributed by atoms with Crippen LogP contribution in [0, 0.1) is 0 Å². The van der Waals surface area contributed by atoms with Crippen LogP contribution < -0.4 is 10.3 Å². The quantitative estimate of drug-likeness (QED) is 0.712. The van der Waals surface area contributed by atoms with Crippen molar-refractivity contribution in [3.8, 4) is 16.9 Å². The van der Waals surface area contributed by atoms with E-state index in [4.69, 9.17) is 4.74 Å². The fraction of sp³-hybridized carbons (Fsp3) is 0.118. The van der Waals surface area contributed by atoms with E-state index in [-0.39, 0.29) is 5.56 Å². The Morgan fingerprint density at radius 2 is 1.75 bits per heavy atom. The molecule has 3 nitrogen and oxygen atoms in total. The second-order valence-corrected chi connectivity index (χ2v) is 4.74. The van der Waals surface area contributed by atoms with Crippen molar-refractivity contribution in [1.82, 2.24) is 4.57 Å². The normalized spacial score (nSPS) is 10.7. The van der Waals surface area contributed by atoms with Crippen molar-refractivity contribution >= 4 is 10.8 Å². The fourth-order valence-electron chi connectivity index (χ4n) is 2.42. The minimum Gasteiger partial charge on any atom is -0.497 e. The molecular formula is C17H15NO2. The SMILES string of the molecule is COc1ccc2c(-c3ccccc3)cn(C)c(=O)c2c1. The lowest BCUT2D eigenvalue weighted by atomic mass is 10.0. The summed E-state index contributed by atoms with van der Waals surface area (Å²) in [5.74, 6) is 0.694. The molecule has 0 atom stereocenters. The summed E-state index contributed by atoms with van der Waals surface area (Å²) in [6.45, 7) is 0. The maximum Gasteiger partial charge on any atom is 0.258 e. The molecule has 3 aromatic rings. The Morgan fingerprint density at radius 1 is 1.00 bits per heavy atom. The molecule has 3 rings (SSSR count). The lowest BCUT2D eigenvalue weighted by Gasteiger charge is -2.10. The highest BCUT2D eigenvalue weighted by molar-refractivity contribution is 5.96. The van der Waals surface area contributed by atoms with Crippen molar-refractivity contribution in [2.75, 3.05) is 7.11 Å². The van der Waals surface area contributed by atoms with Crippen LogP contribution in [-0.2, 0) is 7.05 Å². The number of fused-ring (bicyclic) bond motifs is 1. The molecule has 1 heterocycles. The standard InChI is InChI=1S/C17H15NO2/c1-18-11-16(12-6-4-3-5-7-12)14-9-8-13(20-2)10-15(14)17(18)19/h3-11H,1-2H3. The first kappa shape index (κ1) is 12.5. The van der Waals surface area contributed by atoms with Crippen LogP contribution in [0.4, 0.5) is 0 Å². The lowest BCUT2D eigenvalue weighted by molar-refractivity contribution is 0.415. The molecule has 0 radical (unpaired) electrons. The first-order valence-corrected chi connectivity index (χ1v) is 6.43. The highest BCUT2D eigenvalue weighted by atomic mass is 16.5. The van der Waals surface area contributed by atoms with Gasteiger partial charge in [-0.25, -0.2) is 0 Å². The summed E-state index contributed by atoms with van der Waals surface area (Å²) in [4.78, 5) is 12.3. The van der Waals surface area contributed by atoms with Crippen LogP contribution in [0.2, 0.25) is 0 Å². The summed E-state index contributed by atoms with van der Waals surface area (Å²) < 4.78 is 6.83. The monoisotopic (exact) mass is 265 g/mol. The number of hydrogen-bond acceptors (Lipinski definition) is 2. The third kappa shape index (κ3) is 1.97. The second-order valence-electron chi connectivity index (χ2n) is 4.74. The minimum atomic E-state index is -0.0152. The summed E-state index contributed by atoms with van der Waals surface area (Å²) in [6.07, 6.45) is 1.88. The van der Waals surface area contributed by atoms with Gasteiger partial charge in [0.05, 0.1) is 12.5 Å². The molecule has 2 aromatic carbocycles. The Kier molecular flexibility index (Phi) is 3.03. The third-order valence-corrected chi connectivity index (χ3v) is 3.48. The number of aryl methyl sites for hydroxylation is 1. The number of hydrogen-bond donors (Lipinski definition) is 0. The predicted octanol–water partition coefficient (Wildman–Crippen LogP) is 3.21. The largest absolute Gasteiger partial charge is 0.497 e. The average Bonchev–Trinajstić information content (AvgIpc) is 2.51.